The van der Waals surface area contributed by atoms with E-state index in [0.717, 1.165) is 29.7 Å². The minimum atomic E-state index is -0.273. The summed E-state index contributed by atoms with van der Waals surface area (Å²) >= 11 is 0. The first kappa shape index (κ1) is 15.8. The lowest BCUT2D eigenvalue weighted by Crippen LogP contribution is -2.32. The summed E-state index contributed by atoms with van der Waals surface area (Å²) in [6, 6.07) is 12.2. The molecule has 2 aromatic heterocycles. The van der Waals surface area contributed by atoms with Crippen molar-refractivity contribution in [1.29, 1.82) is 0 Å². The van der Waals surface area contributed by atoms with Crippen LogP contribution >= 0.6 is 0 Å². The van der Waals surface area contributed by atoms with Gasteiger partial charge in [-0.15, -0.1) is 0 Å². The Kier molecular flexibility index (Phi) is 4.22. The van der Waals surface area contributed by atoms with Crippen molar-refractivity contribution in [3.63, 3.8) is 0 Å². The number of halogens is 1. The quantitative estimate of drug-likeness (QED) is 0.750. The van der Waals surface area contributed by atoms with Crippen LogP contribution in [0.25, 0.3) is 5.52 Å². The van der Waals surface area contributed by atoms with Crippen molar-refractivity contribution in [3.8, 4) is 0 Å². The molecule has 128 valence electrons. The van der Waals surface area contributed by atoms with Crippen molar-refractivity contribution >= 4 is 11.4 Å². The molecule has 5 heteroatoms. The van der Waals surface area contributed by atoms with Crippen molar-refractivity contribution in [2.24, 2.45) is 5.92 Å². The molecule has 3 aromatic rings. The summed E-state index contributed by atoms with van der Waals surface area (Å²) in [7, 11) is 0. The van der Waals surface area contributed by atoms with Crippen LogP contribution in [0.4, 0.5) is 4.39 Å². The van der Waals surface area contributed by atoms with Crippen molar-refractivity contribution in [2.75, 3.05) is 6.54 Å². The Bertz CT molecular complexity index is 883. The van der Waals surface area contributed by atoms with Crippen LogP contribution < -0.4 is 5.32 Å². The van der Waals surface area contributed by atoms with Gasteiger partial charge in [0, 0.05) is 19.2 Å². The monoisotopic (exact) mass is 337 g/mol. The number of hydrogen-bond donors (Lipinski definition) is 1. The molecule has 0 aliphatic heterocycles. The molecular formula is C20H20FN3O. The highest BCUT2D eigenvalue weighted by Gasteiger charge is 2.37. The fourth-order valence-electron chi connectivity index (χ4n) is 3.33. The maximum absolute atomic E-state index is 13.1. The fourth-order valence-corrected chi connectivity index (χ4v) is 3.33. The molecule has 0 saturated heterocycles. The van der Waals surface area contributed by atoms with Crippen LogP contribution in [0, 0.1) is 11.7 Å². The third-order valence-electron chi connectivity index (χ3n) is 4.77. The Morgan fingerprint density at radius 3 is 2.80 bits per heavy atom. The highest BCUT2D eigenvalue weighted by molar-refractivity contribution is 5.84. The normalized spacial score (nSPS) is 15.2. The third-order valence-corrected chi connectivity index (χ3v) is 4.77. The van der Waals surface area contributed by atoms with Gasteiger partial charge >= 0.3 is 0 Å². The molecule has 1 unspecified atom stereocenters. The number of pyridine rings is 1. The second-order valence-electron chi connectivity index (χ2n) is 6.58. The summed E-state index contributed by atoms with van der Waals surface area (Å²) in [5.41, 5.74) is 1.94. The number of carbonyl (C=O) groups is 1. The molecule has 1 N–H and O–H groups in total. The van der Waals surface area contributed by atoms with Gasteiger partial charge in [-0.05, 0) is 48.6 Å². The molecule has 0 bridgehead atoms. The number of aromatic nitrogens is 2. The van der Waals surface area contributed by atoms with E-state index < -0.39 is 0 Å². The summed E-state index contributed by atoms with van der Waals surface area (Å²) in [6.45, 7) is 0.539. The smallest absolute Gasteiger partial charge is 0.227 e. The number of benzene rings is 1. The summed E-state index contributed by atoms with van der Waals surface area (Å²) in [5, 5.41) is 3.03. The Morgan fingerprint density at radius 1 is 1.24 bits per heavy atom. The van der Waals surface area contributed by atoms with Crippen molar-refractivity contribution in [1.82, 2.24) is 14.7 Å². The van der Waals surface area contributed by atoms with Gasteiger partial charge in [-0.3, -0.25) is 4.79 Å². The standard InChI is InChI=1S/C20H20FN3O/c21-16-8-6-15(7-9-16)19(14-4-5-14)20(25)22-11-10-18-23-13-17-3-1-2-12-24(17)18/h1-3,6-9,12-14,19H,4-5,10-11H2,(H,22,25). The van der Waals surface area contributed by atoms with Crippen LogP contribution in [0.15, 0.2) is 54.9 Å². The number of nitrogens with one attached hydrogen (secondary N) is 1. The second kappa shape index (κ2) is 6.67. The van der Waals surface area contributed by atoms with E-state index in [1.807, 2.05) is 35.0 Å². The first-order chi connectivity index (χ1) is 12.2. The van der Waals surface area contributed by atoms with Crippen LogP contribution in [0.2, 0.25) is 0 Å². The minimum Gasteiger partial charge on any atom is -0.355 e. The van der Waals surface area contributed by atoms with Crippen LogP contribution in [0.1, 0.15) is 30.1 Å². The first-order valence-corrected chi connectivity index (χ1v) is 8.66. The average molecular weight is 337 g/mol. The molecule has 1 fully saturated rings. The van der Waals surface area contributed by atoms with Gasteiger partial charge in [-0.2, -0.15) is 0 Å². The Labute approximate surface area is 145 Å². The average Bonchev–Trinajstić information content (AvgIpc) is 3.37. The van der Waals surface area contributed by atoms with Crippen molar-refractivity contribution in [3.05, 3.63) is 72.1 Å². The number of hydrogen-bond acceptors (Lipinski definition) is 2. The number of carbonyl (C=O) groups excluding carboxylic acids is 1. The topological polar surface area (TPSA) is 46.4 Å². The van der Waals surface area contributed by atoms with E-state index >= 15 is 0 Å². The molecule has 0 spiro atoms. The summed E-state index contributed by atoms with van der Waals surface area (Å²) in [5.74, 6) is 0.871. The number of nitrogens with zero attached hydrogens (tertiary/aromatic N) is 2. The zero-order chi connectivity index (χ0) is 17.2. The molecule has 4 nitrogen and oxygen atoms in total. The lowest BCUT2D eigenvalue weighted by Gasteiger charge is -2.16. The van der Waals surface area contributed by atoms with Gasteiger partial charge in [0.2, 0.25) is 5.91 Å². The Balaban J connectivity index is 1.41. The zero-order valence-corrected chi connectivity index (χ0v) is 13.9. The van der Waals surface area contributed by atoms with Crippen LogP contribution in [-0.4, -0.2) is 21.8 Å². The van der Waals surface area contributed by atoms with E-state index in [9.17, 15) is 9.18 Å². The summed E-state index contributed by atoms with van der Waals surface area (Å²) in [4.78, 5) is 17.1. The lowest BCUT2D eigenvalue weighted by molar-refractivity contribution is -0.123. The van der Waals surface area contributed by atoms with Gasteiger partial charge in [0.15, 0.2) is 0 Å². The van der Waals surface area contributed by atoms with Gasteiger partial charge in [0.05, 0.1) is 17.6 Å². The lowest BCUT2D eigenvalue weighted by atomic mass is 9.93. The number of fused-ring (bicyclic) bond motifs is 1. The predicted molar refractivity (Wildman–Crippen MR) is 93.8 cm³/mol. The first-order valence-electron chi connectivity index (χ1n) is 8.66. The minimum absolute atomic E-state index is 0.0231. The highest BCUT2D eigenvalue weighted by Crippen LogP contribution is 2.42. The summed E-state index contributed by atoms with van der Waals surface area (Å²) < 4.78 is 15.2. The maximum atomic E-state index is 13.1. The van der Waals surface area contributed by atoms with Gasteiger partial charge in [-0.25, -0.2) is 9.37 Å². The van der Waals surface area contributed by atoms with Gasteiger partial charge in [-0.1, -0.05) is 18.2 Å². The molecule has 1 atom stereocenters. The Morgan fingerprint density at radius 2 is 2.04 bits per heavy atom. The van der Waals surface area contributed by atoms with Gasteiger partial charge in [0.25, 0.3) is 0 Å². The van der Waals surface area contributed by atoms with Gasteiger partial charge < -0.3 is 9.72 Å². The van der Waals surface area contributed by atoms with Crippen LogP contribution in [-0.2, 0) is 11.2 Å². The van der Waals surface area contributed by atoms with Gasteiger partial charge in [0.1, 0.15) is 11.6 Å². The van der Waals surface area contributed by atoms with E-state index in [-0.39, 0.29) is 17.6 Å². The molecule has 1 saturated carbocycles. The number of rotatable bonds is 6. The van der Waals surface area contributed by atoms with E-state index in [1.165, 1.54) is 12.1 Å². The Hall–Kier alpha value is -2.69. The fraction of sp³-hybridized carbons (Fsp3) is 0.300. The third kappa shape index (κ3) is 3.40. The highest BCUT2D eigenvalue weighted by atomic mass is 19.1. The molecule has 2 heterocycles. The molecular weight excluding hydrogens is 317 g/mol. The number of imidazole rings is 1. The zero-order valence-electron chi connectivity index (χ0n) is 13.9. The molecule has 1 amide bonds. The van der Waals surface area contributed by atoms with Crippen molar-refractivity contribution < 1.29 is 9.18 Å². The predicted octanol–water partition coefficient (Wildman–Crippen LogP) is 3.33. The molecule has 1 aliphatic rings. The van der Waals surface area contributed by atoms with E-state index in [4.69, 9.17) is 0 Å². The van der Waals surface area contributed by atoms with Crippen molar-refractivity contribution in [2.45, 2.75) is 25.2 Å². The van der Waals surface area contributed by atoms with E-state index in [2.05, 4.69) is 10.3 Å². The summed E-state index contributed by atoms with van der Waals surface area (Å²) in [6.07, 6.45) is 6.60. The number of amides is 1. The molecule has 0 radical (unpaired) electrons. The largest absolute Gasteiger partial charge is 0.355 e. The second-order valence-corrected chi connectivity index (χ2v) is 6.58. The van der Waals surface area contributed by atoms with Crippen LogP contribution in [0.5, 0.6) is 0 Å². The molecule has 1 aromatic carbocycles. The molecule has 4 rings (SSSR count). The molecule has 25 heavy (non-hydrogen) atoms. The molecule has 1 aliphatic carbocycles. The van der Waals surface area contributed by atoms with Crippen LogP contribution in [0.3, 0.4) is 0 Å². The van der Waals surface area contributed by atoms with E-state index in [1.54, 1.807) is 12.1 Å². The van der Waals surface area contributed by atoms with E-state index in [0.29, 0.717) is 18.9 Å². The SMILES string of the molecule is O=C(NCCc1ncc2ccccn12)C(c1ccc(F)cc1)C1CC1. The maximum Gasteiger partial charge on any atom is 0.227 e.